The molecule has 0 aliphatic heterocycles. The number of benzene rings is 1. The quantitative estimate of drug-likeness (QED) is 0.678. The summed E-state index contributed by atoms with van der Waals surface area (Å²) in [6.45, 7) is 0. The molecule has 0 saturated heterocycles. The van der Waals surface area contributed by atoms with E-state index in [1.54, 1.807) is 0 Å². The zero-order valence-electron chi connectivity index (χ0n) is 10.3. The molecule has 0 fully saturated rings. The van der Waals surface area contributed by atoms with Crippen LogP contribution in [-0.4, -0.2) is 17.0 Å². The number of nitrogens with one attached hydrogen (secondary N) is 1. The number of hydrogen-bond donors (Lipinski definition) is 1. The van der Waals surface area contributed by atoms with E-state index in [-0.39, 0.29) is 11.4 Å². The van der Waals surface area contributed by atoms with Gasteiger partial charge in [0.05, 0.1) is 16.5 Å². The van der Waals surface area contributed by atoms with Crippen LogP contribution in [0.4, 0.5) is 21.6 Å². The Balaban J connectivity index is 2.28. The number of rotatable bonds is 4. The third-order valence-corrected chi connectivity index (χ3v) is 3.06. The van der Waals surface area contributed by atoms with E-state index in [1.807, 2.05) is 0 Å². The Labute approximate surface area is 121 Å². The summed E-state index contributed by atoms with van der Waals surface area (Å²) in [5.74, 6) is -0.00827. The molecule has 0 bridgehead atoms. The van der Waals surface area contributed by atoms with Gasteiger partial charge >= 0.3 is 0 Å². The lowest BCUT2D eigenvalue weighted by Gasteiger charge is -2.09. The summed E-state index contributed by atoms with van der Waals surface area (Å²) < 4.78 is 18.6. The number of ether oxygens (including phenoxy) is 1. The highest BCUT2D eigenvalue weighted by Crippen LogP contribution is 2.29. The summed E-state index contributed by atoms with van der Waals surface area (Å²) in [5.41, 5.74) is 0.421. The second kappa shape index (κ2) is 5.83. The molecule has 0 radical (unpaired) electrons. The van der Waals surface area contributed by atoms with Crippen LogP contribution >= 0.6 is 15.9 Å². The summed E-state index contributed by atoms with van der Waals surface area (Å²) in [7, 11) is 1.36. The van der Waals surface area contributed by atoms with Crippen LogP contribution in [0, 0.1) is 15.9 Å². The van der Waals surface area contributed by atoms with Crippen molar-refractivity contribution in [1.82, 2.24) is 4.98 Å². The molecule has 0 saturated carbocycles. The predicted molar refractivity (Wildman–Crippen MR) is 74.8 cm³/mol. The first-order valence-electron chi connectivity index (χ1n) is 5.41. The molecule has 0 unspecified atom stereocenters. The molecule has 1 aromatic carbocycles. The molecule has 6 nitrogen and oxygen atoms in total. The normalized spacial score (nSPS) is 10.2. The minimum Gasteiger partial charge on any atom is -0.494 e. The molecule has 0 aliphatic rings. The fourth-order valence-electron chi connectivity index (χ4n) is 1.49. The summed E-state index contributed by atoms with van der Waals surface area (Å²) in [6, 6.07) is 5.55. The van der Waals surface area contributed by atoms with Crippen molar-refractivity contribution in [3.05, 3.63) is 50.9 Å². The van der Waals surface area contributed by atoms with E-state index in [1.165, 1.54) is 31.4 Å². The Hall–Kier alpha value is -2.22. The monoisotopic (exact) mass is 341 g/mol. The number of anilines is 2. The van der Waals surface area contributed by atoms with Crippen LogP contribution < -0.4 is 10.1 Å². The fraction of sp³-hybridized carbons (Fsp3) is 0.0833. The molecule has 20 heavy (non-hydrogen) atoms. The van der Waals surface area contributed by atoms with E-state index < -0.39 is 10.7 Å². The molecule has 0 amide bonds. The maximum atomic E-state index is 13.3. The summed E-state index contributed by atoms with van der Waals surface area (Å²) >= 11 is 3.19. The van der Waals surface area contributed by atoms with Crippen LogP contribution in [0.5, 0.6) is 5.75 Å². The zero-order chi connectivity index (χ0) is 14.7. The van der Waals surface area contributed by atoms with E-state index in [9.17, 15) is 14.5 Å². The Bertz CT molecular complexity index is 666. The number of nitrogens with zero attached hydrogens (tertiary/aromatic N) is 2. The lowest BCUT2D eigenvalue weighted by atomic mass is 10.3. The van der Waals surface area contributed by atoms with Crippen molar-refractivity contribution >= 4 is 33.1 Å². The van der Waals surface area contributed by atoms with E-state index in [0.29, 0.717) is 16.0 Å². The number of hydrogen-bond acceptors (Lipinski definition) is 5. The SMILES string of the molecule is COc1cc(Nc2ncc([N+](=O)[O-])cc2Br)ccc1F. The van der Waals surface area contributed by atoms with Gasteiger partial charge in [0.2, 0.25) is 0 Å². The van der Waals surface area contributed by atoms with Crippen molar-refractivity contribution in [2.75, 3.05) is 12.4 Å². The van der Waals surface area contributed by atoms with E-state index >= 15 is 0 Å². The maximum absolute atomic E-state index is 13.3. The summed E-state index contributed by atoms with van der Waals surface area (Å²) in [6.07, 6.45) is 1.13. The van der Waals surface area contributed by atoms with Crippen molar-refractivity contribution in [2.45, 2.75) is 0 Å². The van der Waals surface area contributed by atoms with Gasteiger partial charge in [0.25, 0.3) is 5.69 Å². The van der Waals surface area contributed by atoms with E-state index in [0.717, 1.165) is 6.20 Å². The van der Waals surface area contributed by atoms with Gasteiger partial charge < -0.3 is 10.1 Å². The molecule has 0 atom stereocenters. The van der Waals surface area contributed by atoms with Crippen LogP contribution in [0.3, 0.4) is 0 Å². The smallest absolute Gasteiger partial charge is 0.288 e. The highest BCUT2D eigenvalue weighted by atomic mass is 79.9. The summed E-state index contributed by atoms with van der Waals surface area (Å²) in [4.78, 5) is 14.0. The lowest BCUT2D eigenvalue weighted by Crippen LogP contribution is -1.98. The van der Waals surface area contributed by atoms with Crippen molar-refractivity contribution in [2.24, 2.45) is 0 Å². The first-order valence-corrected chi connectivity index (χ1v) is 6.21. The van der Waals surface area contributed by atoms with Gasteiger partial charge in [-0.05, 0) is 28.1 Å². The number of aromatic nitrogens is 1. The fourth-order valence-corrected chi connectivity index (χ4v) is 1.93. The van der Waals surface area contributed by atoms with E-state index in [2.05, 4.69) is 26.2 Å². The second-order valence-corrected chi connectivity index (χ2v) is 4.61. The largest absolute Gasteiger partial charge is 0.494 e. The van der Waals surface area contributed by atoms with Gasteiger partial charge in [-0.3, -0.25) is 10.1 Å². The lowest BCUT2D eigenvalue weighted by molar-refractivity contribution is -0.385. The molecule has 0 aliphatic carbocycles. The minimum atomic E-state index is -0.539. The highest BCUT2D eigenvalue weighted by molar-refractivity contribution is 9.10. The van der Waals surface area contributed by atoms with Gasteiger partial charge in [0, 0.05) is 17.8 Å². The van der Waals surface area contributed by atoms with Crippen LogP contribution in [0.1, 0.15) is 0 Å². The van der Waals surface area contributed by atoms with Crippen LogP contribution in [0.2, 0.25) is 0 Å². The Morgan fingerprint density at radius 2 is 2.20 bits per heavy atom. The van der Waals surface area contributed by atoms with Crippen LogP contribution in [0.25, 0.3) is 0 Å². The Morgan fingerprint density at radius 1 is 1.45 bits per heavy atom. The Kier molecular flexibility index (Phi) is 4.14. The number of halogens is 2. The standard InChI is InChI=1S/C12H9BrFN3O3/c1-20-11-4-7(2-3-10(11)14)16-12-9(13)5-8(6-15-12)17(18)19/h2-6H,1H3,(H,15,16). The topological polar surface area (TPSA) is 77.3 Å². The van der Waals surface area contributed by atoms with Gasteiger partial charge in [-0.15, -0.1) is 0 Å². The third-order valence-electron chi connectivity index (χ3n) is 2.45. The molecule has 1 heterocycles. The highest BCUT2D eigenvalue weighted by Gasteiger charge is 2.11. The van der Waals surface area contributed by atoms with Gasteiger partial charge in [0.1, 0.15) is 12.0 Å². The van der Waals surface area contributed by atoms with Crippen molar-refractivity contribution in [3.63, 3.8) is 0 Å². The average molecular weight is 342 g/mol. The molecule has 8 heteroatoms. The first-order chi connectivity index (χ1) is 9.51. The van der Waals surface area contributed by atoms with Gasteiger partial charge in [-0.25, -0.2) is 9.37 Å². The maximum Gasteiger partial charge on any atom is 0.288 e. The predicted octanol–water partition coefficient (Wildman–Crippen LogP) is 3.64. The van der Waals surface area contributed by atoms with Crippen LogP contribution in [0.15, 0.2) is 34.9 Å². The molecule has 104 valence electrons. The third kappa shape index (κ3) is 3.02. The second-order valence-electron chi connectivity index (χ2n) is 3.76. The molecule has 2 rings (SSSR count). The van der Waals surface area contributed by atoms with Gasteiger partial charge in [0.15, 0.2) is 11.6 Å². The van der Waals surface area contributed by atoms with Crippen molar-refractivity contribution in [3.8, 4) is 5.75 Å². The van der Waals surface area contributed by atoms with Crippen molar-refractivity contribution < 1.29 is 14.1 Å². The molecule has 0 spiro atoms. The Morgan fingerprint density at radius 3 is 2.80 bits per heavy atom. The molecule has 1 N–H and O–H groups in total. The first kappa shape index (κ1) is 14.2. The number of methoxy groups -OCH3 is 1. The molecular weight excluding hydrogens is 333 g/mol. The average Bonchev–Trinajstić information content (AvgIpc) is 2.42. The van der Waals surface area contributed by atoms with Crippen molar-refractivity contribution in [1.29, 1.82) is 0 Å². The summed E-state index contributed by atoms with van der Waals surface area (Å²) in [5, 5.41) is 13.5. The number of nitro groups is 1. The van der Waals surface area contributed by atoms with Gasteiger partial charge in [-0.1, -0.05) is 0 Å². The molecular formula is C12H9BrFN3O3. The van der Waals surface area contributed by atoms with E-state index in [4.69, 9.17) is 4.74 Å². The zero-order valence-corrected chi connectivity index (χ0v) is 11.8. The molecule has 2 aromatic rings. The van der Waals surface area contributed by atoms with Crippen LogP contribution in [-0.2, 0) is 0 Å². The number of pyridine rings is 1. The van der Waals surface area contributed by atoms with Gasteiger partial charge in [-0.2, -0.15) is 0 Å². The minimum absolute atomic E-state index is 0.0908. The molecule has 1 aromatic heterocycles.